The molecule has 0 saturated heterocycles. The summed E-state index contributed by atoms with van der Waals surface area (Å²) < 4.78 is 0. The van der Waals surface area contributed by atoms with Crippen LogP contribution in [0.1, 0.15) is 22.8 Å². The number of rotatable bonds is 0. The van der Waals surface area contributed by atoms with Crippen LogP contribution in [0.25, 0.3) is 43.6 Å². The maximum absolute atomic E-state index is 8.25. The van der Waals surface area contributed by atoms with E-state index in [1.165, 1.54) is 0 Å². The molecule has 0 bridgehead atoms. The van der Waals surface area contributed by atoms with Crippen molar-refractivity contribution in [3.8, 4) is 0 Å². The first-order valence-electron chi connectivity index (χ1n) is 11.9. The quantitative estimate of drug-likeness (QED) is 0.146. The zero-order valence-electron chi connectivity index (χ0n) is 22.5. The third kappa shape index (κ3) is 8.50. The van der Waals surface area contributed by atoms with Gasteiger partial charge in [0.2, 0.25) is 0 Å². The Labute approximate surface area is 244 Å². The summed E-state index contributed by atoms with van der Waals surface area (Å²) in [5, 5.41) is 33.8. The van der Waals surface area contributed by atoms with Crippen LogP contribution in [-0.2, 0) is 17.4 Å². The van der Waals surface area contributed by atoms with Crippen LogP contribution in [0.2, 0.25) is 0 Å². The number of hydrogen-bond acceptors (Lipinski definition) is 10. The van der Waals surface area contributed by atoms with E-state index < -0.39 is 10.2 Å². The van der Waals surface area contributed by atoms with E-state index in [0.717, 1.165) is 66.4 Å². The smallest absolute Gasteiger partial charge is 0.356 e. The number of aryl methyl sites for hydroxylation is 4. The summed E-state index contributed by atoms with van der Waals surface area (Å²) in [7, 11) is 0. The van der Waals surface area contributed by atoms with E-state index in [4.69, 9.17) is 50.6 Å². The fourth-order valence-corrected chi connectivity index (χ4v) is 4.02. The van der Waals surface area contributed by atoms with Gasteiger partial charge >= 0.3 is 17.4 Å². The van der Waals surface area contributed by atoms with E-state index in [0.29, 0.717) is 0 Å². The minimum atomic E-state index is -1.75. The Bertz CT molecular complexity index is 1600. The van der Waals surface area contributed by atoms with Crippen LogP contribution < -0.4 is 0 Å². The van der Waals surface area contributed by atoms with Gasteiger partial charge in [0.05, 0.1) is 55.0 Å². The summed E-state index contributed by atoms with van der Waals surface area (Å²) >= 11 is 0. The standard InChI is InChI=1S/C28H24N4.Cr.2NO3/c1-17-18(2)30-24-14-6-11-22-12-8-16-26(28(22)24)32-20(4)19(3)31-25-15-7-10-21-9-5-13-23(29-17)27(21)25;;2*2-1(3)4/h5-16H,1-4H3;;;/q;+3;2*-1. The van der Waals surface area contributed by atoms with Crippen LogP contribution in [0, 0.1) is 58.3 Å². The Morgan fingerprint density at radius 2 is 0.659 bits per heavy atom. The molecule has 5 aromatic rings. The molecule has 13 heteroatoms. The van der Waals surface area contributed by atoms with Crippen LogP contribution in [0.5, 0.6) is 0 Å². The molecule has 0 aliphatic carbocycles. The molecule has 0 saturated carbocycles. The third-order valence-electron chi connectivity index (χ3n) is 5.92. The largest absolute Gasteiger partial charge is 3.00 e. The van der Waals surface area contributed by atoms with Gasteiger partial charge in [-0.15, -0.1) is 0 Å². The van der Waals surface area contributed by atoms with Crippen molar-refractivity contribution < 1.29 is 27.5 Å². The van der Waals surface area contributed by atoms with Gasteiger partial charge in [0.25, 0.3) is 0 Å². The molecule has 0 aliphatic heterocycles. The van der Waals surface area contributed by atoms with E-state index in [1.807, 2.05) is 76.2 Å². The third-order valence-corrected chi connectivity index (χ3v) is 5.92. The summed E-state index contributed by atoms with van der Waals surface area (Å²) in [5.74, 6) is 0. The van der Waals surface area contributed by atoms with Crippen LogP contribution in [0.4, 0.5) is 0 Å². The summed E-state index contributed by atoms with van der Waals surface area (Å²) in [6, 6.07) is 24.7. The summed E-state index contributed by atoms with van der Waals surface area (Å²) in [5.41, 5.74) is 7.08. The molecule has 41 heavy (non-hydrogen) atoms. The molecule has 1 heterocycles. The first-order chi connectivity index (χ1) is 19.0. The Hall–Kier alpha value is -4.99. The van der Waals surface area contributed by atoms with E-state index in [1.54, 1.807) is 0 Å². The Morgan fingerprint density at radius 1 is 0.463 bits per heavy atom. The normalized spacial score (nSPS) is 9.85. The van der Waals surface area contributed by atoms with Crippen molar-refractivity contribution in [2.75, 3.05) is 0 Å². The molecule has 0 aliphatic rings. The average Bonchev–Trinajstić information content (AvgIpc) is 2.88. The Morgan fingerprint density at radius 3 is 0.854 bits per heavy atom. The molecule has 0 fully saturated rings. The molecule has 12 nitrogen and oxygen atoms in total. The molecule has 0 unspecified atom stereocenters. The summed E-state index contributed by atoms with van der Waals surface area (Å²) in [6.45, 7) is 8.04. The van der Waals surface area contributed by atoms with Gasteiger partial charge in [0, 0.05) is 10.8 Å². The van der Waals surface area contributed by atoms with E-state index in [9.17, 15) is 0 Å². The Kier molecular flexibility index (Phi) is 11.3. The van der Waals surface area contributed by atoms with Crippen molar-refractivity contribution in [3.63, 3.8) is 0 Å². The molecule has 5 rings (SSSR count). The molecule has 0 spiro atoms. The van der Waals surface area contributed by atoms with E-state index in [2.05, 4.69) is 24.3 Å². The molecular weight excluding hydrogens is 568 g/mol. The van der Waals surface area contributed by atoms with Gasteiger partial charge in [-0.25, -0.2) is 0 Å². The monoisotopic (exact) mass is 592 g/mol. The SMILES string of the molecule is Cc1nc2cccc3cccc(nc(C)c(C)nc4cccc5cccc(nc1C)c54)c32.O=[N+]([O-])[O-].O=[N+]([O-])[O-].[Cr+3]. The first kappa shape index (κ1) is 32.2. The fraction of sp³-hybridized carbons (Fsp3) is 0.143. The van der Waals surface area contributed by atoms with Gasteiger partial charge in [0.1, 0.15) is 0 Å². The van der Waals surface area contributed by atoms with Gasteiger partial charge < -0.3 is 30.6 Å². The molecule has 1 aromatic heterocycles. The minimum Gasteiger partial charge on any atom is -0.356 e. The maximum atomic E-state index is 8.25. The first-order valence-corrected chi connectivity index (χ1v) is 11.9. The molecule has 4 aromatic carbocycles. The minimum absolute atomic E-state index is 0. The van der Waals surface area contributed by atoms with Gasteiger partial charge in [-0.2, -0.15) is 0 Å². The van der Waals surface area contributed by atoms with Crippen molar-refractivity contribution in [3.05, 3.63) is 126 Å². The second kappa shape index (κ2) is 14.4. The van der Waals surface area contributed by atoms with Gasteiger partial charge in [-0.3, -0.25) is 19.9 Å². The molecular formula is C28H24CrN6O6+. The van der Waals surface area contributed by atoms with E-state index in [-0.39, 0.29) is 17.4 Å². The van der Waals surface area contributed by atoms with Crippen LogP contribution in [-0.4, -0.2) is 30.1 Å². The van der Waals surface area contributed by atoms with Crippen molar-refractivity contribution in [1.82, 2.24) is 19.9 Å². The van der Waals surface area contributed by atoms with Crippen LogP contribution in [0.3, 0.4) is 0 Å². The van der Waals surface area contributed by atoms with Crippen LogP contribution >= 0.6 is 0 Å². The van der Waals surface area contributed by atoms with Gasteiger partial charge in [-0.1, -0.05) is 48.5 Å². The zero-order chi connectivity index (χ0) is 29.4. The zero-order valence-corrected chi connectivity index (χ0v) is 23.7. The molecule has 0 atom stereocenters. The number of benzene rings is 4. The van der Waals surface area contributed by atoms with Gasteiger partial charge in [0.15, 0.2) is 0 Å². The second-order valence-electron chi connectivity index (χ2n) is 8.54. The van der Waals surface area contributed by atoms with Crippen molar-refractivity contribution in [2.45, 2.75) is 27.7 Å². The van der Waals surface area contributed by atoms with E-state index >= 15 is 0 Å². The summed E-state index contributed by atoms with van der Waals surface area (Å²) in [4.78, 5) is 36.4. The molecule has 0 amide bonds. The molecule has 0 N–H and O–H groups in total. The topological polar surface area (TPSA) is 184 Å². The second-order valence-corrected chi connectivity index (χ2v) is 8.54. The van der Waals surface area contributed by atoms with Crippen molar-refractivity contribution in [2.24, 2.45) is 0 Å². The van der Waals surface area contributed by atoms with Crippen molar-refractivity contribution >= 4 is 43.6 Å². The van der Waals surface area contributed by atoms with Crippen LogP contribution in [0.15, 0.2) is 72.8 Å². The van der Waals surface area contributed by atoms with Gasteiger partial charge in [-0.05, 0) is 62.7 Å². The Balaban J connectivity index is 0.000000583. The fourth-order valence-electron chi connectivity index (χ4n) is 4.02. The number of nitrogens with zero attached hydrogens (tertiary/aromatic N) is 6. The van der Waals surface area contributed by atoms with Crippen molar-refractivity contribution in [1.29, 1.82) is 0 Å². The summed E-state index contributed by atoms with van der Waals surface area (Å²) in [6.07, 6.45) is 0. The number of aromatic nitrogens is 4. The predicted molar refractivity (Wildman–Crippen MR) is 154 cm³/mol. The average molecular weight is 593 g/mol. The number of hydrogen-bond donors (Lipinski definition) is 0. The molecule has 1 radical (unpaired) electrons. The molecule has 207 valence electrons. The maximum Gasteiger partial charge on any atom is 3.00 e. The predicted octanol–water partition coefficient (Wildman–Crippen LogP) is 6.32.